The number of hydrogen-bond donors (Lipinski definition) is 1. The average Bonchev–Trinajstić information content (AvgIpc) is 3.00. The van der Waals surface area contributed by atoms with E-state index in [0.717, 1.165) is 13.2 Å². The van der Waals surface area contributed by atoms with Gasteiger partial charge in [-0.1, -0.05) is 0 Å². The highest BCUT2D eigenvalue weighted by molar-refractivity contribution is 7.89. The smallest absolute Gasteiger partial charge is 0.393 e. The van der Waals surface area contributed by atoms with E-state index in [1.807, 2.05) is 0 Å². The highest BCUT2D eigenvalue weighted by Gasteiger charge is 2.55. The van der Waals surface area contributed by atoms with E-state index in [9.17, 15) is 35.6 Å². The van der Waals surface area contributed by atoms with Crippen LogP contribution in [0, 0.1) is 17.7 Å². The quantitative estimate of drug-likeness (QED) is 0.608. The minimum atomic E-state index is -4.93. The van der Waals surface area contributed by atoms with Crippen molar-refractivity contribution in [2.24, 2.45) is 11.8 Å². The number of methoxy groups -OCH3 is 1. The SMILES string of the molecule is COC(=O)c1ccc(S(=O)(=O)N2C[C@H](C(=O)O)[C@@H](C(F)(F)F)C2)c(F)c1. The molecule has 144 valence electrons. The number of esters is 1. The Balaban J connectivity index is 2.39. The number of sulfonamides is 1. The minimum absolute atomic E-state index is 0.278. The first kappa shape index (κ1) is 20.1. The predicted molar refractivity (Wildman–Crippen MR) is 77.2 cm³/mol. The lowest BCUT2D eigenvalue weighted by molar-refractivity contribution is -0.187. The van der Waals surface area contributed by atoms with Gasteiger partial charge in [0, 0.05) is 13.1 Å². The van der Waals surface area contributed by atoms with Crippen LogP contribution in [0.1, 0.15) is 10.4 Å². The van der Waals surface area contributed by atoms with E-state index >= 15 is 0 Å². The van der Waals surface area contributed by atoms with Gasteiger partial charge in [-0.25, -0.2) is 17.6 Å². The van der Waals surface area contributed by atoms with Crippen molar-refractivity contribution in [1.82, 2.24) is 4.31 Å². The van der Waals surface area contributed by atoms with E-state index in [1.165, 1.54) is 0 Å². The molecule has 0 spiro atoms. The molecule has 12 heteroatoms. The van der Waals surface area contributed by atoms with Gasteiger partial charge in [-0.2, -0.15) is 17.5 Å². The number of carbonyl (C=O) groups excluding carboxylic acids is 1. The van der Waals surface area contributed by atoms with Crippen LogP contribution in [-0.2, 0) is 19.6 Å². The second-order valence-corrected chi connectivity index (χ2v) is 7.46. The Labute approximate surface area is 145 Å². The first-order chi connectivity index (χ1) is 11.9. The van der Waals surface area contributed by atoms with E-state index in [-0.39, 0.29) is 9.87 Å². The first-order valence-electron chi connectivity index (χ1n) is 7.07. The van der Waals surface area contributed by atoms with Crippen LogP contribution in [0.4, 0.5) is 17.6 Å². The zero-order valence-electron chi connectivity index (χ0n) is 13.2. The lowest BCUT2D eigenvalue weighted by Gasteiger charge is -2.18. The zero-order valence-corrected chi connectivity index (χ0v) is 14.0. The van der Waals surface area contributed by atoms with Gasteiger partial charge in [0.1, 0.15) is 10.7 Å². The van der Waals surface area contributed by atoms with Crippen molar-refractivity contribution in [3.63, 3.8) is 0 Å². The summed E-state index contributed by atoms with van der Waals surface area (Å²) < 4.78 is 82.6. The van der Waals surface area contributed by atoms with E-state index in [4.69, 9.17) is 5.11 Å². The lowest BCUT2D eigenvalue weighted by atomic mass is 9.96. The molecule has 0 radical (unpaired) electrons. The largest absolute Gasteiger partial charge is 0.481 e. The van der Waals surface area contributed by atoms with Gasteiger partial charge in [0.15, 0.2) is 0 Å². The van der Waals surface area contributed by atoms with Gasteiger partial charge in [-0.3, -0.25) is 4.79 Å². The predicted octanol–water partition coefficient (Wildman–Crippen LogP) is 1.50. The molecule has 1 saturated heterocycles. The number of ether oxygens (including phenoxy) is 1. The van der Waals surface area contributed by atoms with Crippen LogP contribution < -0.4 is 0 Å². The number of carboxylic acids is 1. The summed E-state index contributed by atoms with van der Waals surface area (Å²) in [6.07, 6.45) is -4.93. The van der Waals surface area contributed by atoms with Gasteiger partial charge >= 0.3 is 18.1 Å². The molecule has 2 atom stereocenters. The number of halogens is 4. The molecule has 2 rings (SSSR count). The highest BCUT2D eigenvalue weighted by atomic mass is 32.2. The summed E-state index contributed by atoms with van der Waals surface area (Å²) in [6.45, 7) is -2.08. The van der Waals surface area contributed by atoms with Crippen molar-refractivity contribution in [3.8, 4) is 0 Å². The van der Waals surface area contributed by atoms with E-state index in [1.54, 1.807) is 0 Å². The molecular weight excluding hydrogens is 386 g/mol. The van der Waals surface area contributed by atoms with Crippen molar-refractivity contribution < 1.29 is 45.4 Å². The molecule has 0 bridgehead atoms. The van der Waals surface area contributed by atoms with Gasteiger partial charge in [0.2, 0.25) is 10.0 Å². The van der Waals surface area contributed by atoms with E-state index in [0.29, 0.717) is 12.1 Å². The summed E-state index contributed by atoms with van der Waals surface area (Å²) in [5.74, 6) is -8.51. The van der Waals surface area contributed by atoms with Gasteiger partial charge in [-0.05, 0) is 18.2 Å². The Hall–Kier alpha value is -2.21. The Morgan fingerprint density at radius 1 is 1.27 bits per heavy atom. The Kier molecular flexibility index (Phi) is 5.29. The van der Waals surface area contributed by atoms with Crippen LogP contribution in [0.3, 0.4) is 0 Å². The van der Waals surface area contributed by atoms with Crippen LogP contribution in [0.2, 0.25) is 0 Å². The Bertz CT molecular complexity index is 838. The van der Waals surface area contributed by atoms with Gasteiger partial charge in [-0.15, -0.1) is 0 Å². The maximum Gasteiger partial charge on any atom is 0.393 e. The van der Waals surface area contributed by atoms with Crippen LogP contribution in [-0.4, -0.2) is 56.1 Å². The van der Waals surface area contributed by atoms with Crippen LogP contribution >= 0.6 is 0 Å². The fraction of sp³-hybridized carbons (Fsp3) is 0.429. The molecule has 1 aliphatic rings. The second-order valence-electron chi connectivity index (χ2n) is 5.55. The Morgan fingerprint density at radius 2 is 1.88 bits per heavy atom. The van der Waals surface area contributed by atoms with Crippen LogP contribution in [0.15, 0.2) is 23.1 Å². The second kappa shape index (κ2) is 6.83. The summed E-state index contributed by atoms with van der Waals surface area (Å²) in [6, 6.07) is 2.23. The van der Waals surface area contributed by atoms with Gasteiger partial charge in [0.05, 0.1) is 24.5 Å². The molecule has 7 nitrogen and oxygen atoms in total. The van der Waals surface area contributed by atoms with E-state index in [2.05, 4.69) is 4.74 Å². The lowest BCUT2D eigenvalue weighted by Crippen LogP contribution is -2.34. The molecule has 0 aromatic heterocycles. The fourth-order valence-electron chi connectivity index (χ4n) is 2.64. The Morgan fingerprint density at radius 3 is 2.31 bits per heavy atom. The summed E-state index contributed by atoms with van der Waals surface area (Å²) in [7, 11) is -3.71. The molecule has 1 fully saturated rings. The number of nitrogens with zero attached hydrogens (tertiary/aromatic N) is 1. The number of alkyl halides is 3. The third-order valence-electron chi connectivity index (χ3n) is 3.99. The van der Waals surface area contributed by atoms with Crippen molar-refractivity contribution in [1.29, 1.82) is 0 Å². The molecule has 0 aliphatic carbocycles. The normalized spacial score (nSPS) is 21.6. The molecule has 26 heavy (non-hydrogen) atoms. The van der Waals surface area contributed by atoms with Crippen molar-refractivity contribution in [3.05, 3.63) is 29.6 Å². The number of aliphatic carboxylic acids is 1. The number of rotatable bonds is 4. The summed E-state index contributed by atoms with van der Waals surface area (Å²) in [5, 5.41) is 8.93. The monoisotopic (exact) mass is 399 g/mol. The van der Waals surface area contributed by atoms with E-state index < -0.39 is 63.8 Å². The highest BCUT2D eigenvalue weighted by Crippen LogP contribution is 2.39. The average molecular weight is 399 g/mol. The van der Waals surface area contributed by atoms with Crippen LogP contribution in [0.25, 0.3) is 0 Å². The molecule has 1 aromatic carbocycles. The molecule has 0 unspecified atom stereocenters. The molecule has 1 aromatic rings. The van der Waals surface area contributed by atoms with Crippen molar-refractivity contribution in [2.45, 2.75) is 11.1 Å². The molecule has 1 N–H and O–H groups in total. The van der Waals surface area contributed by atoms with Gasteiger partial charge in [0.25, 0.3) is 0 Å². The minimum Gasteiger partial charge on any atom is -0.481 e. The number of hydrogen-bond acceptors (Lipinski definition) is 5. The molecule has 0 amide bonds. The number of carbonyl (C=O) groups is 2. The standard InChI is InChI=1S/C14H13F4NO6S/c1-25-13(22)7-2-3-11(10(15)4-7)26(23,24)19-5-8(12(20)21)9(6-19)14(16,17)18/h2-4,8-9H,5-6H2,1H3,(H,20,21)/t8-,9-/m0/s1. The number of benzene rings is 1. The molecule has 1 aliphatic heterocycles. The molecule has 1 heterocycles. The third kappa shape index (κ3) is 3.65. The third-order valence-corrected chi connectivity index (χ3v) is 5.86. The first-order valence-corrected chi connectivity index (χ1v) is 8.51. The summed E-state index contributed by atoms with van der Waals surface area (Å²) in [5.41, 5.74) is -0.290. The fourth-order valence-corrected chi connectivity index (χ4v) is 4.18. The topological polar surface area (TPSA) is 101 Å². The van der Waals surface area contributed by atoms with Gasteiger partial charge < -0.3 is 9.84 Å². The van der Waals surface area contributed by atoms with Crippen molar-refractivity contribution in [2.75, 3.05) is 20.2 Å². The zero-order chi connectivity index (χ0) is 19.9. The van der Waals surface area contributed by atoms with Crippen molar-refractivity contribution >= 4 is 22.0 Å². The molecule has 0 saturated carbocycles. The maximum atomic E-state index is 14.1. The maximum absolute atomic E-state index is 14.1. The number of carboxylic acid groups (broad SMARTS) is 1. The molecular formula is C14H13F4NO6S. The summed E-state index contributed by atoms with van der Waals surface area (Å²) >= 11 is 0. The van der Waals surface area contributed by atoms with Crippen LogP contribution in [0.5, 0.6) is 0 Å². The summed E-state index contributed by atoms with van der Waals surface area (Å²) in [4.78, 5) is 21.4.